The van der Waals surface area contributed by atoms with Crippen molar-refractivity contribution in [3.63, 3.8) is 0 Å². The molecule has 0 aliphatic rings. The van der Waals surface area contributed by atoms with E-state index in [1.54, 1.807) is 12.3 Å². The SMILES string of the molecule is CCc1ncc(CN(CC(=O)O)C(=O)c2n[nH]c3ccccc23)s1. The third kappa shape index (κ3) is 3.28. The van der Waals surface area contributed by atoms with Gasteiger partial charge in [-0.05, 0) is 12.5 Å². The maximum Gasteiger partial charge on any atom is 0.323 e. The van der Waals surface area contributed by atoms with Gasteiger partial charge in [0.25, 0.3) is 5.91 Å². The zero-order valence-electron chi connectivity index (χ0n) is 13.0. The van der Waals surface area contributed by atoms with E-state index in [9.17, 15) is 9.59 Å². The van der Waals surface area contributed by atoms with E-state index in [4.69, 9.17) is 5.11 Å². The van der Waals surface area contributed by atoms with E-state index in [0.717, 1.165) is 21.8 Å². The molecule has 0 bridgehead atoms. The minimum absolute atomic E-state index is 0.198. The molecule has 0 saturated carbocycles. The van der Waals surface area contributed by atoms with E-state index in [1.165, 1.54) is 16.2 Å². The van der Waals surface area contributed by atoms with Crippen molar-refractivity contribution in [2.75, 3.05) is 6.54 Å². The number of carboxylic acids is 1. The summed E-state index contributed by atoms with van der Waals surface area (Å²) >= 11 is 1.48. The van der Waals surface area contributed by atoms with Crippen LogP contribution in [-0.4, -0.2) is 43.6 Å². The lowest BCUT2D eigenvalue weighted by atomic mass is 10.2. The number of carbonyl (C=O) groups excluding carboxylic acids is 1. The molecule has 3 rings (SSSR count). The van der Waals surface area contributed by atoms with Crippen molar-refractivity contribution in [1.29, 1.82) is 0 Å². The van der Waals surface area contributed by atoms with Gasteiger partial charge in [-0.25, -0.2) is 4.98 Å². The van der Waals surface area contributed by atoms with Crippen molar-refractivity contribution in [2.45, 2.75) is 19.9 Å². The Bertz CT molecular complexity index is 886. The Morgan fingerprint density at radius 1 is 1.33 bits per heavy atom. The fourth-order valence-electron chi connectivity index (χ4n) is 2.41. The topological polar surface area (TPSA) is 99.2 Å². The van der Waals surface area contributed by atoms with Crippen molar-refractivity contribution in [3.8, 4) is 0 Å². The summed E-state index contributed by atoms with van der Waals surface area (Å²) in [6.07, 6.45) is 2.50. The Morgan fingerprint density at radius 3 is 2.83 bits per heavy atom. The van der Waals surface area contributed by atoms with Crippen LogP contribution in [0.1, 0.15) is 27.3 Å². The molecule has 2 heterocycles. The highest BCUT2D eigenvalue weighted by molar-refractivity contribution is 7.11. The van der Waals surface area contributed by atoms with Crippen LogP contribution < -0.4 is 0 Å². The van der Waals surface area contributed by atoms with E-state index in [0.29, 0.717) is 5.39 Å². The maximum atomic E-state index is 12.8. The summed E-state index contributed by atoms with van der Waals surface area (Å²) in [7, 11) is 0. The second-order valence-electron chi connectivity index (χ2n) is 5.25. The largest absolute Gasteiger partial charge is 0.480 e. The molecule has 2 aromatic heterocycles. The summed E-state index contributed by atoms with van der Waals surface area (Å²) < 4.78 is 0. The zero-order chi connectivity index (χ0) is 17.1. The van der Waals surface area contributed by atoms with Crippen LogP contribution in [0.25, 0.3) is 10.9 Å². The van der Waals surface area contributed by atoms with E-state index >= 15 is 0 Å². The van der Waals surface area contributed by atoms with Crippen LogP contribution in [-0.2, 0) is 17.8 Å². The number of amides is 1. The number of fused-ring (bicyclic) bond motifs is 1. The number of aromatic amines is 1. The minimum atomic E-state index is -1.07. The number of aliphatic carboxylic acids is 1. The number of carbonyl (C=O) groups is 2. The fraction of sp³-hybridized carbons (Fsp3) is 0.250. The maximum absolute atomic E-state index is 12.8. The highest BCUT2D eigenvalue weighted by Crippen LogP contribution is 2.20. The number of hydrogen-bond acceptors (Lipinski definition) is 5. The molecule has 0 aliphatic carbocycles. The van der Waals surface area contributed by atoms with Crippen molar-refractivity contribution in [1.82, 2.24) is 20.1 Å². The molecule has 0 atom stereocenters. The van der Waals surface area contributed by atoms with Crippen LogP contribution in [0.3, 0.4) is 0 Å². The summed E-state index contributed by atoms with van der Waals surface area (Å²) in [5.74, 6) is -1.48. The number of H-pyrrole nitrogens is 1. The van der Waals surface area contributed by atoms with E-state index in [-0.39, 0.29) is 18.8 Å². The lowest BCUT2D eigenvalue weighted by Gasteiger charge is -2.18. The first-order chi connectivity index (χ1) is 11.6. The molecular weight excluding hydrogens is 328 g/mol. The predicted molar refractivity (Wildman–Crippen MR) is 90.0 cm³/mol. The molecule has 8 heteroatoms. The minimum Gasteiger partial charge on any atom is -0.480 e. The number of para-hydroxylation sites is 1. The van der Waals surface area contributed by atoms with Crippen LogP contribution in [0, 0.1) is 0 Å². The van der Waals surface area contributed by atoms with Gasteiger partial charge in [-0.2, -0.15) is 5.10 Å². The smallest absolute Gasteiger partial charge is 0.323 e. The highest BCUT2D eigenvalue weighted by atomic mass is 32.1. The number of rotatable bonds is 6. The Morgan fingerprint density at radius 2 is 2.12 bits per heavy atom. The Balaban J connectivity index is 1.89. The summed E-state index contributed by atoms with van der Waals surface area (Å²) in [5.41, 5.74) is 0.967. The van der Waals surface area contributed by atoms with Gasteiger partial charge in [-0.15, -0.1) is 11.3 Å². The molecule has 1 amide bonds. The summed E-state index contributed by atoms with van der Waals surface area (Å²) in [6, 6.07) is 7.25. The number of benzene rings is 1. The number of aromatic nitrogens is 3. The number of aryl methyl sites for hydroxylation is 1. The predicted octanol–water partition coefficient (Wildman–Crippen LogP) is 2.31. The van der Waals surface area contributed by atoms with E-state index in [2.05, 4.69) is 15.2 Å². The first-order valence-electron chi connectivity index (χ1n) is 7.46. The first kappa shape index (κ1) is 16.1. The lowest BCUT2D eigenvalue weighted by molar-refractivity contribution is -0.137. The number of nitrogens with one attached hydrogen (secondary N) is 1. The molecule has 0 unspecified atom stereocenters. The van der Waals surface area contributed by atoms with E-state index in [1.807, 2.05) is 25.1 Å². The van der Waals surface area contributed by atoms with Gasteiger partial charge in [0.15, 0.2) is 5.69 Å². The monoisotopic (exact) mass is 344 g/mol. The average Bonchev–Trinajstić information content (AvgIpc) is 3.19. The summed E-state index contributed by atoms with van der Waals surface area (Å²) in [6.45, 7) is 1.81. The Hall–Kier alpha value is -2.74. The quantitative estimate of drug-likeness (QED) is 0.715. The van der Waals surface area contributed by atoms with Crippen molar-refractivity contribution >= 4 is 34.1 Å². The molecule has 3 aromatic rings. The molecule has 1 aromatic carbocycles. The van der Waals surface area contributed by atoms with Crippen LogP contribution >= 0.6 is 11.3 Å². The summed E-state index contributed by atoms with van der Waals surface area (Å²) in [4.78, 5) is 30.3. The van der Waals surface area contributed by atoms with Gasteiger partial charge >= 0.3 is 5.97 Å². The molecule has 0 fully saturated rings. The average molecular weight is 344 g/mol. The molecule has 0 radical (unpaired) electrons. The molecule has 0 saturated heterocycles. The van der Waals surface area contributed by atoms with Crippen LogP contribution in [0.5, 0.6) is 0 Å². The van der Waals surface area contributed by atoms with E-state index < -0.39 is 11.9 Å². The molecule has 2 N–H and O–H groups in total. The van der Waals surface area contributed by atoms with Gasteiger partial charge in [-0.3, -0.25) is 14.7 Å². The Labute approximate surface area is 141 Å². The first-order valence-corrected chi connectivity index (χ1v) is 8.28. The standard InChI is InChI=1S/C16H16N4O3S/c1-2-13-17-7-10(24-13)8-20(9-14(21)22)16(23)15-11-5-3-4-6-12(11)18-19-15/h3-7H,2,8-9H2,1H3,(H,18,19)(H,21,22). The third-order valence-electron chi connectivity index (χ3n) is 3.54. The second-order valence-corrected chi connectivity index (χ2v) is 6.45. The Kier molecular flexibility index (Phi) is 4.57. The van der Waals surface area contributed by atoms with Gasteiger partial charge in [0.1, 0.15) is 6.54 Å². The number of nitrogens with zero attached hydrogens (tertiary/aromatic N) is 3. The van der Waals surface area contributed by atoms with Gasteiger partial charge in [-0.1, -0.05) is 25.1 Å². The van der Waals surface area contributed by atoms with Crippen LogP contribution in [0.4, 0.5) is 0 Å². The molecule has 0 spiro atoms. The molecule has 24 heavy (non-hydrogen) atoms. The van der Waals surface area contributed by atoms with Gasteiger partial charge < -0.3 is 10.0 Å². The second kappa shape index (κ2) is 6.79. The van der Waals surface area contributed by atoms with Crippen LogP contribution in [0.15, 0.2) is 30.5 Å². The number of hydrogen-bond donors (Lipinski definition) is 2. The van der Waals surface area contributed by atoms with Crippen LogP contribution in [0.2, 0.25) is 0 Å². The molecule has 0 aliphatic heterocycles. The lowest BCUT2D eigenvalue weighted by Crippen LogP contribution is -2.35. The fourth-order valence-corrected chi connectivity index (χ4v) is 3.29. The molecule has 7 nitrogen and oxygen atoms in total. The van der Waals surface area contributed by atoms with Gasteiger partial charge in [0, 0.05) is 16.5 Å². The van der Waals surface area contributed by atoms with Gasteiger partial charge in [0.2, 0.25) is 0 Å². The highest BCUT2D eigenvalue weighted by Gasteiger charge is 2.23. The van der Waals surface area contributed by atoms with Crippen molar-refractivity contribution in [2.24, 2.45) is 0 Å². The number of thiazole rings is 1. The third-order valence-corrected chi connectivity index (χ3v) is 4.66. The molecule has 124 valence electrons. The number of carboxylic acid groups (broad SMARTS) is 1. The summed E-state index contributed by atoms with van der Waals surface area (Å²) in [5, 5.41) is 17.6. The van der Waals surface area contributed by atoms with Crippen molar-refractivity contribution < 1.29 is 14.7 Å². The normalized spacial score (nSPS) is 10.9. The van der Waals surface area contributed by atoms with Crippen molar-refractivity contribution in [3.05, 3.63) is 46.0 Å². The zero-order valence-corrected chi connectivity index (χ0v) is 13.8. The molecular formula is C16H16N4O3S. The van der Waals surface area contributed by atoms with Gasteiger partial charge in [0.05, 0.1) is 17.1 Å².